The van der Waals surface area contributed by atoms with Crippen LogP contribution in [-0.2, 0) is 28.6 Å². The monoisotopic (exact) mass is 305 g/mol. The van der Waals surface area contributed by atoms with Crippen molar-refractivity contribution in [1.29, 1.82) is 0 Å². The average Bonchev–Trinajstić information content (AvgIpc) is 2.35. The van der Waals surface area contributed by atoms with Crippen LogP contribution in [0.2, 0.25) is 0 Å². The van der Waals surface area contributed by atoms with E-state index in [-0.39, 0.29) is 6.61 Å². The normalized spacial score (nSPS) is 32.1. The fourth-order valence-electron chi connectivity index (χ4n) is 2.00. The largest absolute Gasteiger partial charge is 0.463 e. The lowest BCUT2D eigenvalue weighted by Crippen LogP contribution is -2.65. The van der Waals surface area contributed by atoms with E-state index in [9.17, 15) is 24.6 Å². The minimum atomic E-state index is -1.53. The zero-order valence-electron chi connectivity index (χ0n) is 11.9. The molecule has 21 heavy (non-hydrogen) atoms. The van der Waals surface area contributed by atoms with Crippen LogP contribution in [0.1, 0.15) is 20.8 Å². The maximum atomic E-state index is 11.1. The molecular formula is C12H19NO8. The van der Waals surface area contributed by atoms with E-state index in [0.29, 0.717) is 0 Å². The molecule has 1 fully saturated rings. The smallest absolute Gasteiger partial charge is 0.303 e. The number of hydrogen-bond donors (Lipinski definition) is 3. The topological polar surface area (TPSA) is 131 Å². The lowest BCUT2D eigenvalue weighted by Gasteiger charge is -2.41. The number of esters is 2. The van der Waals surface area contributed by atoms with Crippen LogP contribution in [0.3, 0.4) is 0 Å². The van der Waals surface area contributed by atoms with Crippen LogP contribution in [0.25, 0.3) is 0 Å². The van der Waals surface area contributed by atoms with Gasteiger partial charge in [-0.3, -0.25) is 14.4 Å². The molecule has 0 aromatic carbocycles. The van der Waals surface area contributed by atoms with Crippen LogP contribution in [0.4, 0.5) is 0 Å². The summed E-state index contributed by atoms with van der Waals surface area (Å²) >= 11 is 0. The molecular weight excluding hydrogens is 286 g/mol. The Hall–Kier alpha value is -1.71. The summed E-state index contributed by atoms with van der Waals surface area (Å²) in [6, 6.07) is -1.17. The number of ether oxygens (including phenoxy) is 3. The van der Waals surface area contributed by atoms with Gasteiger partial charge < -0.3 is 29.7 Å². The van der Waals surface area contributed by atoms with Crippen LogP contribution in [0.15, 0.2) is 0 Å². The number of nitrogens with one attached hydrogen (secondary N) is 1. The molecule has 1 amide bonds. The first-order valence-electron chi connectivity index (χ1n) is 6.31. The summed E-state index contributed by atoms with van der Waals surface area (Å²) in [6.07, 6.45) is -5.19. The van der Waals surface area contributed by atoms with Crippen LogP contribution in [0, 0.1) is 0 Å². The summed E-state index contributed by atoms with van der Waals surface area (Å²) in [5, 5.41) is 22.3. The number of carbonyl (C=O) groups is 3. The molecule has 0 radical (unpaired) electrons. The Kier molecular flexibility index (Phi) is 6.06. The van der Waals surface area contributed by atoms with Crippen LogP contribution >= 0.6 is 0 Å². The molecule has 1 aliphatic rings. The fraction of sp³-hybridized carbons (Fsp3) is 0.750. The third kappa shape index (κ3) is 4.96. The standard InChI is InChI=1S/C12H19NO8/c1-5(14)13-9-10(17)11(20-7(3)16)8(21-12(9)18)4-19-6(2)15/h8-12,17-18H,4H2,1-3H3,(H,13,14)/t8-,9+,10+,11+,12+/m0/s1. The van der Waals surface area contributed by atoms with Gasteiger partial charge >= 0.3 is 11.9 Å². The maximum Gasteiger partial charge on any atom is 0.303 e. The second-order valence-corrected chi connectivity index (χ2v) is 4.66. The Morgan fingerprint density at radius 3 is 2.24 bits per heavy atom. The molecule has 0 bridgehead atoms. The van der Waals surface area contributed by atoms with Gasteiger partial charge in [0.1, 0.15) is 24.9 Å². The van der Waals surface area contributed by atoms with Gasteiger partial charge in [0.25, 0.3) is 0 Å². The highest BCUT2D eigenvalue weighted by molar-refractivity contribution is 5.73. The van der Waals surface area contributed by atoms with Crippen molar-refractivity contribution in [3.05, 3.63) is 0 Å². The fourth-order valence-corrected chi connectivity index (χ4v) is 2.00. The van der Waals surface area contributed by atoms with Gasteiger partial charge in [0.05, 0.1) is 0 Å². The molecule has 1 aliphatic heterocycles. The van der Waals surface area contributed by atoms with E-state index in [1.807, 2.05) is 0 Å². The lowest BCUT2D eigenvalue weighted by molar-refractivity contribution is -0.260. The van der Waals surface area contributed by atoms with Crippen LogP contribution in [-0.4, -0.2) is 65.3 Å². The molecule has 9 nitrogen and oxygen atoms in total. The first kappa shape index (κ1) is 17.3. The van der Waals surface area contributed by atoms with Crippen molar-refractivity contribution in [1.82, 2.24) is 5.32 Å². The highest BCUT2D eigenvalue weighted by Gasteiger charge is 2.47. The number of rotatable bonds is 4. The van der Waals surface area contributed by atoms with Crippen molar-refractivity contribution in [2.24, 2.45) is 0 Å². The Morgan fingerprint density at radius 2 is 1.76 bits per heavy atom. The summed E-state index contributed by atoms with van der Waals surface area (Å²) in [5.74, 6) is -1.77. The lowest BCUT2D eigenvalue weighted by atomic mass is 9.96. The molecule has 1 rings (SSSR count). The van der Waals surface area contributed by atoms with Crippen LogP contribution in [0.5, 0.6) is 0 Å². The summed E-state index contributed by atoms with van der Waals surface area (Å²) in [5.41, 5.74) is 0. The average molecular weight is 305 g/mol. The van der Waals surface area contributed by atoms with Gasteiger partial charge in [0.2, 0.25) is 5.91 Å². The Bertz CT molecular complexity index is 410. The first-order valence-corrected chi connectivity index (χ1v) is 6.31. The van der Waals surface area contributed by atoms with Crippen molar-refractivity contribution < 1.29 is 38.8 Å². The Balaban J connectivity index is 2.86. The number of aliphatic hydroxyl groups excluding tert-OH is 2. The van der Waals surface area contributed by atoms with Gasteiger partial charge in [-0.15, -0.1) is 0 Å². The third-order valence-electron chi connectivity index (χ3n) is 2.82. The van der Waals surface area contributed by atoms with Gasteiger partial charge in [-0.1, -0.05) is 0 Å². The number of hydrogen-bond acceptors (Lipinski definition) is 8. The molecule has 0 aliphatic carbocycles. The summed E-state index contributed by atoms with van der Waals surface area (Å²) in [7, 11) is 0. The molecule has 0 aromatic heterocycles. The summed E-state index contributed by atoms with van der Waals surface area (Å²) in [6.45, 7) is 3.20. The Labute approximate surface area is 121 Å². The molecule has 5 atom stereocenters. The molecule has 0 saturated carbocycles. The minimum Gasteiger partial charge on any atom is -0.463 e. The highest BCUT2D eigenvalue weighted by Crippen LogP contribution is 2.23. The zero-order valence-corrected chi connectivity index (χ0v) is 11.9. The molecule has 3 N–H and O–H groups in total. The van der Waals surface area contributed by atoms with Gasteiger partial charge in [-0.2, -0.15) is 0 Å². The van der Waals surface area contributed by atoms with E-state index >= 15 is 0 Å². The van der Waals surface area contributed by atoms with Crippen molar-refractivity contribution in [3.63, 3.8) is 0 Å². The van der Waals surface area contributed by atoms with E-state index in [0.717, 1.165) is 6.92 Å². The molecule has 1 saturated heterocycles. The molecule has 0 unspecified atom stereocenters. The number of aliphatic hydroxyl groups is 2. The molecule has 1 heterocycles. The number of amides is 1. The third-order valence-corrected chi connectivity index (χ3v) is 2.82. The molecule has 9 heteroatoms. The highest BCUT2D eigenvalue weighted by atomic mass is 16.7. The molecule has 0 aromatic rings. The maximum absolute atomic E-state index is 11.1. The van der Waals surface area contributed by atoms with E-state index in [1.165, 1.54) is 13.8 Å². The minimum absolute atomic E-state index is 0.311. The van der Waals surface area contributed by atoms with E-state index < -0.39 is 48.5 Å². The number of carbonyl (C=O) groups excluding carboxylic acids is 3. The van der Waals surface area contributed by atoms with Gasteiger partial charge in [0.15, 0.2) is 12.4 Å². The zero-order chi connectivity index (χ0) is 16.2. The van der Waals surface area contributed by atoms with E-state index in [1.54, 1.807) is 0 Å². The van der Waals surface area contributed by atoms with Crippen molar-refractivity contribution in [3.8, 4) is 0 Å². The van der Waals surface area contributed by atoms with Crippen LogP contribution < -0.4 is 5.32 Å². The summed E-state index contributed by atoms with van der Waals surface area (Å²) < 4.78 is 14.8. The summed E-state index contributed by atoms with van der Waals surface area (Å²) in [4.78, 5) is 33.0. The SMILES string of the molecule is CC(=O)N[C@@H]1[C@@H](O)[C@H](OC(C)=O)[C@H](COC(C)=O)O[C@H]1O. The van der Waals surface area contributed by atoms with Crippen molar-refractivity contribution >= 4 is 17.8 Å². The second kappa shape index (κ2) is 7.34. The van der Waals surface area contributed by atoms with E-state index in [4.69, 9.17) is 14.2 Å². The van der Waals surface area contributed by atoms with Gasteiger partial charge in [-0.05, 0) is 0 Å². The molecule has 0 spiro atoms. The van der Waals surface area contributed by atoms with Crippen molar-refractivity contribution in [2.45, 2.75) is 51.4 Å². The predicted molar refractivity (Wildman–Crippen MR) is 66.7 cm³/mol. The van der Waals surface area contributed by atoms with Gasteiger partial charge in [-0.25, -0.2) is 0 Å². The quantitative estimate of drug-likeness (QED) is 0.511. The molecule has 120 valence electrons. The van der Waals surface area contributed by atoms with Crippen molar-refractivity contribution in [2.75, 3.05) is 6.61 Å². The predicted octanol–water partition coefficient (Wildman–Crippen LogP) is -1.94. The second-order valence-electron chi connectivity index (χ2n) is 4.66. The van der Waals surface area contributed by atoms with E-state index in [2.05, 4.69) is 5.32 Å². The Morgan fingerprint density at radius 1 is 1.14 bits per heavy atom. The first-order chi connectivity index (χ1) is 9.72. The van der Waals surface area contributed by atoms with Gasteiger partial charge in [0, 0.05) is 20.8 Å².